The van der Waals surface area contributed by atoms with Crippen molar-refractivity contribution in [3.63, 3.8) is 0 Å². The topological polar surface area (TPSA) is 97.2 Å². The predicted molar refractivity (Wildman–Crippen MR) is 134 cm³/mol. The highest BCUT2D eigenvalue weighted by Crippen LogP contribution is 2.40. The van der Waals surface area contributed by atoms with Gasteiger partial charge in [-0.15, -0.1) is 0 Å². The molecule has 0 radical (unpaired) electrons. The molecule has 5 rings (SSSR count). The Labute approximate surface area is 203 Å². The number of anilines is 1. The van der Waals surface area contributed by atoms with E-state index in [0.717, 1.165) is 49.8 Å². The quantitative estimate of drug-likeness (QED) is 0.502. The van der Waals surface area contributed by atoms with Gasteiger partial charge in [-0.2, -0.15) is 0 Å². The average molecular weight is 480 g/mol. The number of hydrogen-bond acceptors (Lipinski definition) is 7. The van der Waals surface area contributed by atoms with Gasteiger partial charge in [0.2, 0.25) is 5.88 Å². The molecule has 2 aliphatic heterocycles. The number of halogens is 1. The summed E-state index contributed by atoms with van der Waals surface area (Å²) in [5.74, 6) is 1.00. The lowest BCUT2D eigenvalue weighted by molar-refractivity contribution is 0.157. The molecule has 2 aliphatic rings. The third-order valence-corrected chi connectivity index (χ3v) is 6.59. The third kappa shape index (κ3) is 4.74. The van der Waals surface area contributed by atoms with Crippen molar-refractivity contribution in [1.82, 2.24) is 14.9 Å². The van der Waals surface area contributed by atoms with Gasteiger partial charge in [0.1, 0.15) is 23.0 Å². The number of aliphatic hydroxyl groups is 1. The number of piperazine rings is 1. The van der Waals surface area contributed by atoms with Crippen LogP contribution in [0, 0.1) is 5.82 Å². The molecule has 1 aromatic carbocycles. The predicted octanol–water partition coefficient (Wildman–Crippen LogP) is 3.31. The Hall–Kier alpha value is -3.43. The standard InChI is InChI=1S/C26H30FN5O3/c1-26(2)22(14-21(35-26)24-19-5-4-18(27)13-20(19)30-25(24)34)28-15-17-3-6-23(29-16-17)32-9-7-31(8-10-32)11-12-33/h3-6,13-14,16,30,33-34H,7-12,15H2,1-2H3. The van der Waals surface area contributed by atoms with E-state index in [2.05, 4.69) is 19.8 Å². The summed E-state index contributed by atoms with van der Waals surface area (Å²) in [5, 5.41) is 20.2. The van der Waals surface area contributed by atoms with Gasteiger partial charge < -0.3 is 24.8 Å². The highest BCUT2D eigenvalue weighted by atomic mass is 19.1. The molecule has 184 valence electrons. The molecule has 0 amide bonds. The lowest BCUT2D eigenvalue weighted by Crippen LogP contribution is -2.47. The molecule has 3 N–H and O–H groups in total. The molecule has 2 aromatic heterocycles. The number of aliphatic imine (C=N–C) groups is 1. The molecule has 9 heteroatoms. The average Bonchev–Trinajstić information content (AvgIpc) is 3.32. The van der Waals surface area contributed by atoms with Gasteiger partial charge >= 0.3 is 0 Å². The van der Waals surface area contributed by atoms with E-state index in [4.69, 9.17) is 14.8 Å². The Morgan fingerprint density at radius 2 is 1.97 bits per heavy atom. The highest BCUT2D eigenvalue weighted by molar-refractivity contribution is 6.11. The number of nitrogens with one attached hydrogen (secondary N) is 1. The van der Waals surface area contributed by atoms with E-state index in [-0.39, 0.29) is 18.3 Å². The number of rotatable bonds is 6. The van der Waals surface area contributed by atoms with E-state index in [1.54, 1.807) is 6.07 Å². The molecule has 0 spiro atoms. The molecule has 0 unspecified atom stereocenters. The normalized spacial score (nSPS) is 19.4. The van der Waals surface area contributed by atoms with Crippen molar-refractivity contribution in [2.75, 3.05) is 44.2 Å². The summed E-state index contributed by atoms with van der Waals surface area (Å²) < 4.78 is 19.7. The van der Waals surface area contributed by atoms with Crippen LogP contribution in [-0.4, -0.2) is 75.7 Å². The maximum absolute atomic E-state index is 13.6. The van der Waals surface area contributed by atoms with Crippen LogP contribution < -0.4 is 4.90 Å². The molecular weight excluding hydrogens is 449 g/mol. The third-order valence-electron chi connectivity index (χ3n) is 6.59. The number of benzene rings is 1. The van der Waals surface area contributed by atoms with Gasteiger partial charge in [0.25, 0.3) is 0 Å². The molecule has 0 atom stereocenters. The van der Waals surface area contributed by atoms with Crippen molar-refractivity contribution in [2.24, 2.45) is 4.99 Å². The Kier molecular flexibility index (Phi) is 6.21. The van der Waals surface area contributed by atoms with Gasteiger partial charge in [-0.1, -0.05) is 6.07 Å². The van der Waals surface area contributed by atoms with Crippen LogP contribution in [0.1, 0.15) is 25.0 Å². The molecular formula is C26H30FN5O3. The molecule has 4 heterocycles. The van der Waals surface area contributed by atoms with Gasteiger partial charge in [-0.25, -0.2) is 9.37 Å². The zero-order valence-corrected chi connectivity index (χ0v) is 20.0. The van der Waals surface area contributed by atoms with Crippen LogP contribution in [0.2, 0.25) is 0 Å². The maximum atomic E-state index is 13.6. The van der Waals surface area contributed by atoms with E-state index >= 15 is 0 Å². The van der Waals surface area contributed by atoms with Gasteiger partial charge in [-0.3, -0.25) is 9.89 Å². The van der Waals surface area contributed by atoms with E-state index in [0.29, 0.717) is 28.8 Å². The van der Waals surface area contributed by atoms with E-state index in [1.165, 1.54) is 12.1 Å². The summed E-state index contributed by atoms with van der Waals surface area (Å²) in [6, 6.07) is 8.40. The highest BCUT2D eigenvalue weighted by Gasteiger charge is 2.35. The first kappa shape index (κ1) is 23.3. The summed E-state index contributed by atoms with van der Waals surface area (Å²) in [6.45, 7) is 8.84. The molecule has 1 fully saturated rings. The fraction of sp³-hybridized carbons (Fsp3) is 0.385. The van der Waals surface area contributed by atoms with Gasteiger partial charge in [-0.05, 0) is 43.7 Å². The largest absolute Gasteiger partial charge is 0.494 e. The van der Waals surface area contributed by atoms with Crippen molar-refractivity contribution in [1.29, 1.82) is 0 Å². The Bertz CT molecular complexity index is 1270. The van der Waals surface area contributed by atoms with Crippen LogP contribution in [0.25, 0.3) is 16.7 Å². The Balaban J connectivity index is 1.31. The monoisotopic (exact) mass is 479 g/mol. The number of nitrogens with zero attached hydrogens (tertiary/aromatic N) is 4. The first-order valence-corrected chi connectivity index (χ1v) is 11.8. The van der Waals surface area contributed by atoms with Crippen LogP contribution in [0.3, 0.4) is 0 Å². The second-order valence-corrected chi connectivity index (χ2v) is 9.44. The summed E-state index contributed by atoms with van der Waals surface area (Å²) in [5.41, 5.74) is 2.08. The number of aromatic nitrogens is 2. The number of aliphatic hydroxyl groups excluding tert-OH is 1. The molecule has 0 aliphatic carbocycles. The fourth-order valence-electron chi connectivity index (χ4n) is 4.63. The summed E-state index contributed by atoms with van der Waals surface area (Å²) in [7, 11) is 0. The molecule has 0 saturated carbocycles. The van der Waals surface area contributed by atoms with Crippen molar-refractivity contribution in [3.8, 4) is 5.88 Å². The number of aromatic hydroxyl groups is 1. The zero-order chi connectivity index (χ0) is 24.6. The second-order valence-electron chi connectivity index (χ2n) is 9.44. The molecule has 3 aromatic rings. The van der Waals surface area contributed by atoms with E-state index in [1.807, 2.05) is 38.3 Å². The second kappa shape index (κ2) is 9.31. The molecule has 0 bridgehead atoms. The molecule has 1 saturated heterocycles. The number of β-amino-alcohol motifs (C(OH)–C–C–N with tert-alkyl or cyclic N) is 1. The van der Waals surface area contributed by atoms with Crippen LogP contribution >= 0.6 is 0 Å². The minimum atomic E-state index is -0.674. The zero-order valence-electron chi connectivity index (χ0n) is 20.0. The first-order valence-electron chi connectivity index (χ1n) is 11.8. The Morgan fingerprint density at radius 1 is 1.17 bits per heavy atom. The number of aromatic amines is 1. The molecule has 8 nitrogen and oxygen atoms in total. The summed E-state index contributed by atoms with van der Waals surface area (Å²) in [4.78, 5) is 16.7. The number of hydrogen-bond donors (Lipinski definition) is 3. The van der Waals surface area contributed by atoms with Crippen molar-refractivity contribution in [3.05, 3.63) is 59.5 Å². The van der Waals surface area contributed by atoms with Gasteiger partial charge in [0, 0.05) is 50.4 Å². The minimum Gasteiger partial charge on any atom is -0.494 e. The maximum Gasteiger partial charge on any atom is 0.200 e. The van der Waals surface area contributed by atoms with Crippen molar-refractivity contribution >= 4 is 28.2 Å². The number of ether oxygens (including phenoxy) is 1. The van der Waals surface area contributed by atoms with Crippen LogP contribution in [-0.2, 0) is 11.3 Å². The van der Waals surface area contributed by atoms with Crippen LogP contribution in [0.5, 0.6) is 5.88 Å². The van der Waals surface area contributed by atoms with Gasteiger partial charge in [0.15, 0.2) is 0 Å². The Morgan fingerprint density at radius 3 is 2.69 bits per heavy atom. The van der Waals surface area contributed by atoms with Crippen LogP contribution in [0.15, 0.2) is 47.6 Å². The van der Waals surface area contributed by atoms with Crippen molar-refractivity contribution < 1.29 is 19.3 Å². The van der Waals surface area contributed by atoms with Crippen LogP contribution in [0.4, 0.5) is 10.2 Å². The molecule has 35 heavy (non-hydrogen) atoms. The smallest absolute Gasteiger partial charge is 0.200 e. The summed E-state index contributed by atoms with van der Waals surface area (Å²) in [6.07, 6.45) is 3.69. The minimum absolute atomic E-state index is 0.0640. The SMILES string of the molecule is CC1(C)OC(c2c(O)[nH]c3cc(F)ccc23)=CC1=NCc1ccc(N2CCN(CCO)CC2)nc1. The first-order chi connectivity index (χ1) is 16.8. The van der Waals surface area contributed by atoms with Gasteiger partial charge in [0.05, 0.1) is 29.9 Å². The number of fused-ring (bicyclic) bond motifs is 1. The lowest BCUT2D eigenvalue weighted by atomic mass is 10.0. The summed E-state index contributed by atoms with van der Waals surface area (Å²) >= 11 is 0. The number of pyridine rings is 1. The lowest BCUT2D eigenvalue weighted by Gasteiger charge is -2.35. The number of H-pyrrole nitrogens is 1. The van der Waals surface area contributed by atoms with Crippen molar-refractivity contribution in [2.45, 2.75) is 26.0 Å². The van der Waals surface area contributed by atoms with E-state index in [9.17, 15) is 9.50 Å². The fourth-order valence-corrected chi connectivity index (χ4v) is 4.63. The van der Waals surface area contributed by atoms with E-state index < -0.39 is 5.60 Å².